The number of aromatic amines is 1. The fraction of sp³-hybridized carbons (Fsp3) is 0.333. The first-order valence-corrected chi connectivity index (χ1v) is 12.6. The van der Waals surface area contributed by atoms with Gasteiger partial charge in [0.1, 0.15) is 17.2 Å². The van der Waals surface area contributed by atoms with Crippen LogP contribution in [-0.2, 0) is 14.8 Å². The van der Waals surface area contributed by atoms with E-state index in [4.69, 9.17) is 9.88 Å². The lowest BCUT2D eigenvalue weighted by Crippen LogP contribution is -2.43. The number of halogens is 1. The molecule has 2 aliphatic rings. The molecule has 10 heteroatoms. The fourth-order valence-corrected chi connectivity index (χ4v) is 5.44. The van der Waals surface area contributed by atoms with Gasteiger partial charge in [-0.15, -0.1) is 0 Å². The summed E-state index contributed by atoms with van der Waals surface area (Å²) in [5, 5.41) is 4.77. The maximum atomic E-state index is 14.0. The Balaban J connectivity index is 1.43. The quantitative estimate of drug-likeness (QED) is 0.577. The van der Waals surface area contributed by atoms with Crippen LogP contribution in [0.5, 0.6) is 5.75 Å². The fourth-order valence-electron chi connectivity index (χ4n) is 5.01. The summed E-state index contributed by atoms with van der Waals surface area (Å²) in [6, 6.07) is 8.28. The number of hydrogen-bond acceptors (Lipinski definition) is 5. The number of pyridine rings is 1. The van der Waals surface area contributed by atoms with Gasteiger partial charge in [-0.3, -0.25) is 4.79 Å². The largest absolute Gasteiger partial charge is 0.496 e. The van der Waals surface area contributed by atoms with Gasteiger partial charge in [-0.25, -0.2) is 22.9 Å². The van der Waals surface area contributed by atoms with Crippen molar-refractivity contribution in [2.75, 3.05) is 20.2 Å². The third-order valence-electron chi connectivity index (χ3n) is 6.87. The van der Waals surface area contributed by atoms with Crippen molar-refractivity contribution in [2.24, 2.45) is 17.0 Å². The summed E-state index contributed by atoms with van der Waals surface area (Å²) in [4.78, 5) is 22.0. The second-order valence-corrected chi connectivity index (χ2v) is 10.8. The number of carbonyl (C=O) groups excluding carboxylic acids is 1. The molecule has 34 heavy (non-hydrogen) atoms. The van der Waals surface area contributed by atoms with Crippen LogP contribution in [0.15, 0.2) is 42.6 Å². The summed E-state index contributed by atoms with van der Waals surface area (Å²) in [5.41, 5.74) is 4.20. The van der Waals surface area contributed by atoms with Crippen molar-refractivity contribution in [3.05, 3.63) is 54.1 Å². The molecule has 3 N–H and O–H groups in total. The lowest BCUT2D eigenvalue weighted by molar-refractivity contribution is -0.129. The molecule has 3 unspecified atom stereocenters. The molecule has 3 atom stereocenters. The van der Waals surface area contributed by atoms with Gasteiger partial charge in [-0.2, -0.15) is 0 Å². The van der Waals surface area contributed by atoms with Crippen molar-refractivity contribution in [2.45, 2.75) is 18.6 Å². The van der Waals surface area contributed by atoms with Gasteiger partial charge < -0.3 is 14.6 Å². The van der Waals surface area contributed by atoms with Crippen LogP contribution in [0.2, 0.25) is 0 Å². The number of allylic oxidation sites excluding steroid dienone is 1. The molecule has 1 saturated heterocycles. The van der Waals surface area contributed by atoms with E-state index in [0.717, 1.165) is 28.6 Å². The Morgan fingerprint density at radius 1 is 1.26 bits per heavy atom. The predicted octanol–water partition coefficient (Wildman–Crippen LogP) is 2.92. The minimum Gasteiger partial charge on any atom is -0.496 e. The molecule has 3 aromatic rings. The molecule has 1 aliphatic carbocycles. The summed E-state index contributed by atoms with van der Waals surface area (Å²) in [6.07, 6.45) is 4.58. The van der Waals surface area contributed by atoms with Crippen LogP contribution in [0.3, 0.4) is 0 Å². The number of amides is 1. The van der Waals surface area contributed by atoms with Crippen molar-refractivity contribution in [1.29, 1.82) is 0 Å². The number of primary sulfonamides is 1. The number of hydrogen-bond donors (Lipinski definition) is 2. The SMILES string of the molecule is COc1ccc(F)cc1-c1ccnc2[nH]c(C3=CC4CN(C(=O)C(C)S(N)(=O)=O)CC4C3)cc12. The summed E-state index contributed by atoms with van der Waals surface area (Å²) in [7, 11) is -2.36. The first-order chi connectivity index (χ1) is 16.2. The third-order valence-corrected chi connectivity index (χ3v) is 8.06. The molecule has 8 nitrogen and oxygen atoms in total. The zero-order chi connectivity index (χ0) is 24.2. The van der Waals surface area contributed by atoms with Crippen LogP contribution in [0.25, 0.3) is 27.7 Å². The zero-order valence-electron chi connectivity index (χ0n) is 18.8. The minimum absolute atomic E-state index is 0.147. The smallest absolute Gasteiger partial charge is 0.242 e. The molecule has 1 aromatic carbocycles. The number of benzene rings is 1. The number of nitrogens with zero attached hydrogens (tertiary/aromatic N) is 2. The molecule has 3 heterocycles. The number of H-pyrrole nitrogens is 1. The molecule has 1 aliphatic heterocycles. The number of carbonyl (C=O) groups is 1. The van der Waals surface area contributed by atoms with Crippen LogP contribution in [0, 0.1) is 17.7 Å². The topological polar surface area (TPSA) is 118 Å². The number of nitrogens with one attached hydrogen (secondary N) is 1. The summed E-state index contributed by atoms with van der Waals surface area (Å²) < 4.78 is 42.6. The molecule has 5 rings (SSSR count). The molecule has 0 saturated carbocycles. The van der Waals surface area contributed by atoms with E-state index in [0.29, 0.717) is 30.0 Å². The highest BCUT2D eigenvalue weighted by molar-refractivity contribution is 7.90. The van der Waals surface area contributed by atoms with Gasteiger partial charge >= 0.3 is 0 Å². The number of methoxy groups -OCH3 is 1. The number of fused-ring (bicyclic) bond motifs is 2. The summed E-state index contributed by atoms with van der Waals surface area (Å²) in [5.74, 6) is 0.140. The molecule has 0 spiro atoms. The van der Waals surface area contributed by atoms with E-state index in [1.165, 1.54) is 19.1 Å². The molecule has 1 amide bonds. The Morgan fingerprint density at radius 2 is 2.06 bits per heavy atom. The maximum Gasteiger partial charge on any atom is 0.242 e. The van der Waals surface area contributed by atoms with Crippen molar-refractivity contribution in [3.63, 3.8) is 0 Å². The van der Waals surface area contributed by atoms with E-state index in [1.807, 2.05) is 12.1 Å². The van der Waals surface area contributed by atoms with Gasteiger partial charge in [-0.05, 0) is 66.6 Å². The van der Waals surface area contributed by atoms with Gasteiger partial charge in [0.05, 0.1) is 7.11 Å². The van der Waals surface area contributed by atoms with Crippen LogP contribution >= 0.6 is 0 Å². The van der Waals surface area contributed by atoms with Crippen molar-refractivity contribution in [3.8, 4) is 16.9 Å². The molecule has 178 valence electrons. The standard InChI is InChI=1S/C24H25FN4O4S/c1-13(34(26,31)32)24(30)29-11-15-7-14(8-16(15)12-29)21-10-20-18(5-6-27-23(20)28-21)19-9-17(25)3-4-22(19)33-2/h3-7,9-10,13,15-16H,8,11-12H2,1-2H3,(H,27,28)(H2,26,31,32). The Morgan fingerprint density at radius 3 is 2.76 bits per heavy atom. The molecule has 0 radical (unpaired) electrons. The average molecular weight is 485 g/mol. The number of ether oxygens (including phenoxy) is 1. The van der Waals surface area contributed by atoms with Gasteiger partial charge in [0, 0.05) is 35.9 Å². The number of likely N-dealkylation sites (tertiary alicyclic amines) is 1. The van der Waals surface area contributed by atoms with Gasteiger partial charge in [0.15, 0.2) is 5.25 Å². The molecule has 1 fully saturated rings. The van der Waals surface area contributed by atoms with E-state index in [1.54, 1.807) is 24.3 Å². The second kappa shape index (κ2) is 8.21. The number of sulfonamides is 1. The summed E-state index contributed by atoms with van der Waals surface area (Å²) in [6.45, 7) is 2.29. The lowest BCUT2D eigenvalue weighted by Gasteiger charge is -2.20. The van der Waals surface area contributed by atoms with Crippen molar-refractivity contribution < 1.29 is 22.3 Å². The van der Waals surface area contributed by atoms with E-state index >= 15 is 0 Å². The van der Waals surface area contributed by atoms with Crippen molar-refractivity contribution >= 4 is 32.5 Å². The summed E-state index contributed by atoms with van der Waals surface area (Å²) >= 11 is 0. The van der Waals surface area contributed by atoms with E-state index in [9.17, 15) is 17.6 Å². The first-order valence-electron chi connectivity index (χ1n) is 11.0. The Hall–Kier alpha value is -3.24. The molecular formula is C24H25FN4O4S. The highest BCUT2D eigenvalue weighted by Crippen LogP contribution is 2.42. The van der Waals surface area contributed by atoms with Crippen LogP contribution in [0.4, 0.5) is 4.39 Å². The van der Waals surface area contributed by atoms with Crippen LogP contribution < -0.4 is 9.88 Å². The Bertz CT molecular complexity index is 1430. The van der Waals surface area contributed by atoms with E-state index in [-0.39, 0.29) is 17.7 Å². The lowest BCUT2D eigenvalue weighted by atomic mass is 9.99. The average Bonchev–Trinajstić information content (AvgIpc) is 3.49. The zero-order valence-corrected chi connectivity index (χ0v) is 19.6. The van der Waals surface area contributed by atoms with E-state index < -0.39 is 21.2 Å². The highest BCUT2D eigenvalue weighted by Gasteiger charge is 2.41. The monoisotopic (exact) mass is 484 g/mol. The Kier molecular flexibility index (Phi) is 5.44. The predicted molar refractivity (Wildman–Crippen MR) is 127 cm³/mol. The van der Waals surface area contributed by atoms with Crippen molar-refractivity contribution in [1.82, 2.24) is 14.9 Å². The molecule has 2 aromatic heterocycles. The maximum absolute atomic E-state index is 14.0. The minimum atomic E-state index is -3.92. The number of nitrogens with two attached hydrogens (primary N) is 1. The van der Waals surface area contributed by atoms with Gasteiger partial charge in [-0.1, -0.05) is 6.08 Å². The molecule has 0 bridgehead atoms. The van der Waals surface area contributed by atoms with Gasteiger partial charge in [0.2, 0.25) is 15.9 Å². The van der Waals surface area contributed by atoms with E-state index in [2.05, 4.69) is 16.0 Å². The Labute approximate surface area is 196 Å². The number of rotatable bonds is 5. The number of aromatic nitrogens is 2. The second-order valence-electron chi connectivity index (χ2n) is 8.94. The third kappa shape index (κ3) is 3.86. The normalized spacial score (nSPS) is 20.9. The van der Waals surface area contributed by atoms with Gasteiger partial charge in [0.25, 0.3) is 0 Å². The highest BCUT2D eigenvalue weighted by atomic mass is 32.2. The first kappa shape index (κ1) is 22.5. The van der Waals surface area contributed by atoms with Crippen LogP contribution in [0.1, 0.15) is 19.0 Å². The molecular weight excluding hydrogens is 459 g/mol. The van der Waals surface area contributed by atoms with Crippen LogP contribution in [-0.4, -0.2) is 54.6 Å².